The number of ether oxygens (including phenoxy) is 1. The van der Waals surface area contributed by atoms with E-state index in [1.165, 1.54) is 0 Å². The summed E-state index contributed by atoms with van der Waals surface area (Å²) in [4.78, 5) is 23.5. The molecule has 2 N–H and O–H groups in total. The number of hydrogen-bond donors (Lipinski definition) is 2. The highest BCUT2D eigenvalue weighted by Gasteiger charge is 2.09. The molecular formula is C15H15NO4S. The van der Waals surface area contributed by atoms with Gasteiger partial charge in [0.25, 0.3) is 5.91 Å². The zero-order valence-corrected chi connectivity index (χ0v) is 12.1. The van der Waals surface area contributed by atoms with Crippen LogP contribution < -0.4 is 10.1 Å². The van der Waals surface area contributed by atoms with Gasteiger partial charge in [0.2, 0.25) is 0 Å². The Morgan fingerprint density at radius 3 is 2.71 bits per heavy atom. The van der Waals surface area contributed by atoms with Crippen LogP contribution in [0.4, 0.5) is 0 Å². The van der Waals surface area contributed by atoms with Crippen molar-refractivity contribution in [2.24, 2.45) is 0 Å². The molecule has 0 spiro atoms. The predicted molar refractivity (Wildman–Crippen MR) is 79.4 cm³/mol. The number of carboxylic acids is 1. The lowest BCUT2D eigenvalue weighted by Crippen LogP contribution is -2.28. The average molecular weight is 305 g/mol. The number of aliphatic carboxylic acids is 1. The predicted octanol–water partition coefficient (Wildman–Crippen LogP) is 2.07. The number of hydrogen-bond acceptors (Lipinski definition) is 4. The van der Waals surface area contributed by atoms with Gasteiger partial charge in [-0.15, -0.1) is 11.3 Å². The van der Waals surface area contributed by atoms with Gasteiger partial charge in [-0.05, 0) is 17.5 Å². The summed E-state index contributed by atoms with van der Waals surface area (Å²) in [5, 5.41) is 13.5. The fourth-order valence-electron chi connectivity index (χ4n) is 1.75. The number of para-hydroxylation sites is 1. The molecule has 0 aliphatic rings. The van der Waals surface area contributed by atoms with Crippen molar-refractivity contribution in [3.8, 4) is 5.75 Å². The molecule has 5 nitrogen and oxygen atoms in total. The van der Waals surface area contributed by atoms with Crippen LogP contribution in [-0.4, -0.2) is 23.6 Å². The number of amides is 1. The van der Waals surface area contributed by atoms with Gasteiger partial charge < -0.3 is 15.2 Å². The quantitative estimate of drug-likeness (QED) is 0.821. The molecule has 0 aliphatic heterocycles. The fourth-order valence-corrected chi connectivity index (χ4v) is 2.39. The first-order valence-electron chi connectivity index (χ1n) is 6.36. The molecule has 110 valence electrons. The van der Waals surface area contributed by atoms with E-state index in [4.69, 9.17) is 9.84 Å². The third-order valence-electron chi connectivity index (χ3n) is 2.71. The molecule has 21 heavy (non-hydrogen) atoms. The summed E-state index contributed by atoms with van der Waals surface area (Å²) in [7, 11) is 0. The molecule has 0 saturated heterocycles. The highest BCUT2D eigenvalue weighted by molar-refractivity contribution is 7.09. The Hall–Kier alpha value is -2.34. The Bertz CT molecular complexity index is 610. The van der Waals surface area contributed by atoms with E-state index >= 15 is 0 Å². The molecule has 1 heterocycles. The first-order chi connectivity index (χ1) is 10.1. The first-order valence-corrected chi connectivity index (χ1v) is 7.24. The lowest BCUT2D eigenvalue weighted by Gasteiger charge is -2.10. The van der Waals surface area contributed by atoms with Gasteiger partial charge in [-0.3, -0.25) is 9.59 Å². The molecule has 6 heteroatoms. The normalized spacial score (nSPS) is 10.1. The van der Waals surface area contributed by atoms with E-state index in [-0.39, 0.29) is 18.9 Å². The van der Waals surface area contributed by atoms with Crippen molar-refractivity contribution in [3.63, 3.8) is 0 Å². The summed E-state index contributed by atoms with van der Waals surface area (Å²) in [6, 6.07) is 10.7. The second kappa shape index (κ2) is 7.44. The maximum absolute atomic E-state index is 11.7. The SMILES string of the molecule is O=C(O)Cc1ccccc1OCC(=O)NCc1cccs1. The second-order valence-electron chi connectivity index (χ2n) is 4.32. The summed E-state index contributed by atoms with van der Waals surface area (Å²) >= 11 is 1.57. The maximum Gasteiger partial charge on any atom is 0.307 e. The molecule has 0 saturated carbocycles. The van der Waals surface area contributed by atoms with E-state index in [0.29, 0.717) is 17.9 Å². The largest absolute Gasteiger partial charge is 0.483 e. The number of nitrogens with one attached hydrogen (secondary N) is 1. The molecule has 0 atom stereocenters. The van der Waals surface area contributed by atoms with Crippen LogP contribution in [0, 0.1) is 0 Å². The standard InChI is InChI=1S/C15H15NO4S/c17-14(16-9-12-5-3-7-21-12)10-20-13-6-2-1-4-11(13)8-15(18)19/h1-7H,8-10H2,(H,16,17)(H,18,19). The van der Waals surface area contributed by atoms with Crippen molar-refractivity contribution in [3.05, 3.63) is 52.2 Å². The molecule has 1 aromatic heterocycles. The molecule has 2 rings (SSSR count). The van der Waals surface area contributed by atoms with Crippen LogP contribution in [0.3, 0.4) is 0 Å². The van der Waals surface area contributed by atoms with Crippen molar-refractivity contribution in [2.45, 2.75) is 13.0 Å². The zero-order chi connectivity index (χ0) is 15.1. The zero-order valence-electron chi connectivity index (χ0n) is 11.2. The Morgan fingerprint density at radius 2 is 2.00 bits per heavy atom. The van der Waals surface area contributed by atoms with Gasteiger partial charge >= 0.3 is 5.97 Å². The van der Waals surface area contributed by atoms with E-state index in [1.54, 1.807) is 35.6 Å². The monoisotopic (exact) mass is 305 g/mol. The van der Waals surface area contributed by atoms with E-state index < -0.39 is 5.97 Å². The molecule has 1 amide bonds. The fraction of sp³-hybridized carbons (Fsp3) is 0.200. The van der Waals surface area contributed by atoms with Crippen molar-refractivity contribution in [2.75, 3.05) is 6.61 Å². The van der Waals surface area contributed by atoms with Gasteiger partial charge in [0.15, 0.2) is 6.61 Å². The van der Waals surface area contributed by atoms with Crippen molar-refractivity contribution in [1.82, 2.24) is 5.32 Å². The topological polar surface area (TPSA) is 75.6 Å². The Kier molecular flexibility index (Phi) is 5.34. The lowest BCUT2D eigenvalue weighted by atomic mass is 10.1. The molecule has 2 aromatic rings. The van der Waals surface area contributed by atoms with Crippen molar-refractivity contribution < 1.29 is 19.4 Å². The van der Waals surface area contributed by atoms with E-state index in [1.807, 2.05) is 17.5 Å². The van der Waals surface area contributed by atoms with Crippen LogP contribution in [0.1, 0.15) is 10.4 Å². The maximum atomic E-state index is 11.7. The third-order valence-corrected chi connectivity index (χ3v) is 3.59. The van der Waals surface area contributed by atoms with Gasteiger partial charge in [0.05, 0.1) is 13.0 Å². The number of rotatable bonds is 7. The van der Waals surface area contributed by atoms with Gasteiger partial charge in [0.1, 0.15) is 5.75 Å². The van der Waals surface area contributed by atoms with Crippen LogP contribution in [0.15, 0.2) is 41.8 Å². The molecule has 1 aromatic carbocycles. The smallest absolute Gasteiger partial charge is 0.307 e. The van der Waals surface area contributed by atoms with Gasteiger partial charge in [-0.25, -0.2) is 0 Å². The molecule has 0 bridgehead atoms. The van der Waals surface area contributed by atoms with E-state index in [9.17, 15) is 9.59 Å². The Morgan fingerprint density at radius 1 is 1.19 bits per heavy atom. The highest BCUT2D eigenvalue weighted by Crippen LogP contribution is 2.18. The number of thiophene rings is 1. The minimum Gasteiger partial charge on any atom is -0.483 e. The van der Waals surface area contributed by atoms with Gasteiger partial charge in [-0.2, -0.15) is 0 Å². The number of carbonyl (C=O) groups is 2. The van der Waals surface area contributed by atoms with Crippen LogP contribution in [0.5, 0.6) is 5.75 Å². The summed E-state index contributed by atoms with van der Waals surface area (Å²) < 4.78 is 5.40. The third kappa shape index (κ3) is 4.92. The van der Waals surface area contributed by atoms with Crippen LogP contribution >= 0.6 is 11.3 Å². The summed E-state index contributed by atoms with van der Waals surface area (Å²) in [5.74, 6) is -0.757. The van der Waals surface area contributed by atoms with Gasteiger partial charge in [0, 0.05) is 10.4 Å². The van der Waals surface area contributed by atoms with Crippen molar-refractivity contribution in [1.29, 1.82) is 0 Å². The molecular weight excluding hydrogens is 290 g/mol. The number of carboxylic acid groups (broad SMARTS) is 1. The Balaban J connectivity index is 1.84. The lowest BCUT2D eigenvalue weighted by molar-refractivity contribution is -0.136. The van der Waals surface area contributed by atoms with Crippen molar-refractivity contribution >= 4 is 23.2 Å². The van der Waals surface area contributed by atoms with Gasteiger partial charge in [-0.1, -0.05) is 24.3 Å². The highest BCUT2D eigenvalue weighted by atomic mass is 32.1. The summed E-state index contributed by atoms with van der Waals surface area (Å²) in [6.45, 7) is 0.332. The molecule has 0 unspecified atom stereocenters. The number of carbonyl (C=O) groups excluding carboxylic acids is 1. The second-order valence-corrected chi connectivity index (χ2v) is 5.36. The van der Waals surface area contributed by atoms with E-state index in [0.717, 1.165) is 4.88 Å². The minimum absolute atomic E-state index is 0.132. The first kappa shape index (κ1) is 15.1. The van der Waals surface area contributed by atoms with Crippen LogP contribution in [-0.2, 0) is 22.6 Å². The summed E-state index contributed by atoms with van der Waals surface area (Å²) in [6.07, 6.45) is -0.132. The molecule has 0 radical (unpaired) electrons. The van der Waals surface area contributed by atoms with E-state index in [2.05, 4.69) is 5.32 Å². The van der Waals surface area contributed by atoms with Crippen LogP contribution in [0.2, 0.25) is 0 Å². The average Bonchev–Trinajstić information content (AvgIpc) is 2.97. The molecule has 0 fully saturated rings. The summed E-state index contributed by atoms with van der Waals surface area (Å²) in [5.41, 5.74) is 0.552. The Labute approximate surface area is 126 Å². The minimum atomic E-state index is -0.937. The van der Waals surface area contributed by atoms with Crippen LogP contribution in [0.25, 0.3) is 0 Å². The number of benzene rings is 1. The molecule has 0 aliphatic carbocycles.